The second kappa shape index (κ2) is 44.3. The third kappa shape index (κ3) is 23.6. The first-order chi connectivity index (χ1) is 59.0. The Bertz CT molecular complexity index is 5440. The van der Waals surface area contributed by atoms with Crippen molar-refractivity contribution in [3.63, 3.8) is 0 Å². The molecule has 0 unspecified atom stereocenters. The SMILES string of the molecule is CC[C@@H](Cc1ccccc1)Nc1nc(Cl)c(C#N)cc1F.C[C@@H](CN1C(=O)c2ccccc2C1=O)c1ccccc1.C[C@@H](CO)c1ccccc1.N#Cc1cc(F)c(N[C@@H](CN)Cc2ccccc2)nc1Cl.N#Cc1cc(F)c(N[C@@H](CN2C(=O)c3ccccc3C2=O)c2ccccc2)nc1Cl.N[C@@H](CN1C(=O)c2ccccc2C1=O)c1ccccc1. The third-order valence-electron chi connectivity index (χ3n) is 19.8. The largest absolute Gasteiger partial charge is 0.396 e. The molecule has 0 saturated carbocycles. The second-order valence-corrected chi connectivity index (χ2v) is 29.3. The maximum absolute atomic E-state index is 14.5. The number of aromatic nitrogens is 3. The summed E-state index contributed by atoms with van der Waals surface area (Å²) < 4.78 is 42.3. The number of anilines is 3. The van der Waals surface area contributed by atoms with Gasteiger partial charge in [-0.25, -0.2) is 28.1 Å². The molecule has 0 fully saturated rings. The quantitative estimate of drug-likeness (QED) is 0.0256. The van der Waals surface area contributed by atoms with Crippen molar-refractivity contribution in [1.29, 1.82) is 15.8 Å². The van der Waals surface area contributed by atoms with Crippen LogP contribution in [0.2, 0.25) is 15.5 Å². The summed E-state index contributed by atoms with van der Waals surface area (Å²) in [4.78, 5) is 90.0. The number of nitrogens with two attached hydrogens (primary N) is 2. The number of fused-ring (bicyclic) bond motifs is 3. The molecule has 0 radical (unpaired) electrons. The molecule has 6 atom stereocenters. The number of nitriles is 3. The molecular formula is C95H84Cl3F3N14O7. The van der Waals surface area contributed by atoms with Crippen molar-refractivity contribution >= 4 is 87.7 Å². The number of carbonyl (C=O) groups is 6. The van der Waals surface area contributed by atoms with Crippen molar-refractivity contribution in [2.24, 2.45) is 11.5 Å². The molecule has 618 valence electrons. The van der Waals surface area contributed by atoms with Crippen molar-refractivity contribution in [2.75, 3.05) is 48.7 Å². The van der Waals surface area contributed by atoms with Crippen LogP contribution in [0.25, 0.3) is 0 Å². The zero-order valence-corrected chi connectivity index (χ0v) is 68.7. The highest BCUT2D eigenvalue weighted by atomic mass is 35.5. The Labute approximate surface area is 719 Å². The van der Waals surface area contributed by atoms with Crippen molar-refractivity contribution in [3.8, 4) is 18.2 Å². The first-order valence-electron chi connectivity index (χ1n) is 38.8. The van der Waals surface area contributed by atoms with Gasteiger partial charge < -0.3 is 32.5 Å². The van der Waals surface area contributed by atoms with Crippen LogP contribution in [0.4, 0.5) is 30.6 Å². The fourth-order valence-corrected chi connectivity index (χ4v) is 13.7. The summed E-state index contributed by atoms with van der Waals surface area (Å²) in [5.41, 5.74) is 20.6. The highest BCUT2D eigenvalue weighted by Crippen LogP contribution is 2.32. The standard InChI is InChI=1S/C22H14ClFN4O2.C17H15NO2.C16H15ClFN3.C16H14N2O2.C15H14ClFN4.C9H12O/c23-19-14(11-25)10-17(24)20(27-19)26-18(13-6-2-1-3-7-13)12-28-21(29)15-8-4-5-9-16(15)22(28)30;1-12(13-7-3-2-4-8-13)11-18-16(19)14-9-5-6-10-15(14)17(18)20;1-2-13(8-11-6-4-3-5-7-11)20-16-14(18)9-12(10-19)15(17)21-16;17-14(11-6-2-1-3-7-11)10-18-15(19)12-8-4-5-9-13(12)16(18)20;16-14-11(8-18)7-13(17)15(21-14)20-12(9-19)6-10-4-2-1-3-5-10;1-8(7-10)9-5-3-2-4-6-9/h1-10,18H,12H2,(H,26,27);2-10,12H,11H2,1H3;3-7,9,13H,2,8H2,1H3,(H,20,21);1-9,14H,10,17H2;1-5,7,12H,6,9,19H2,(H,20,21);2-6,8,10H,7H2,1H3/t18-;12-;13-;14-;12-;8-/m000010/s1. The van der Waals surface area contributed by atoms with Crippen molar-refractivity contribution in [2.45, 2.75) is 76.0 Å². The monoisotopic (exact) mass is 1690 g/mol. The lowest BCUT2D eigenvalue weighted by molar-refractivity contribution is 0.0630. The molecule has 6 amide bonds. The zero-order chi connectivity index (χ0) is 87.4. The van der Waals surface area contributed by atoms with E-state index in [1.807, 2.05) is 185 Å². The summed E-state index contributed by atoms with van der Waals surface area (Å²) in [6, 6.07) is 85.8. The molecule has 8 N–H and O–H groups in total. The number of nitrogens with one attached hydrogen (secondary N) is 3. The maximum atomic E-state index is 14.5. The molecule has 0 bridgehead atoms. The minimum Gasteiger partial charge on any atom is -0.396 e. The summed E-state index contributed by atoms with van der Waals surface area (Å²) in [6.45, 7) is 7.15. The Balaban J connectivity index is 0.000000157. The molecule has 6 heterocycles. The molecule has 122 heavy (non-hydrogen) atoms. The molecule has 3 aromatic heterocycles. The van der Waals surface area contributed by atoms with Crippen LogP contribution in [-0.4, -0.2) is 115 Å². The Morgan fingerprint density at radius 1 is 0.393 bits per heavy atom. The Morgan fingerprint density at radius 3 is 1.00 bits per heavy atom. The number of aliphatic hydroxyl groups is 1. The number of amides is 6. The summed E-state index contributed by atoms with van der Waals surface area (Å²) in [5.74, 6) is -3.38. The molecule has 3 aliphatic heterocycles. The van der Waals surface area contributed by atoms with E-state index in [9.17, 15) is 41.9 Å². The molecule has 0 aliphatic carbocycles. The molecule has 0 spiro atoms. The number of halogens is 6. The smallest absolute Gasteiger partial charge is 0.261 e. The van der Waals surface area contributed by atoms with E-state index >= 15 is 0 Å². The lowest BCUT2D eigenvalue weighted by atomic mass is 10.0. The highest BCUT2D eigenvalue weighted by molar-refractivity contribution is 6.31. The number of aliphatic hydroxyl groups excluding tert-OH is 1. The number of nitrogens with zero attached hydrogens (tertiary/aromatic N) is 9. The van der Waals surface area contributed by atoms with E-state index in [0.29, 0.717) is 52.9 Å². The fourth-order valence-electron chi connectivity index (χ4n) is 13.1. The van der Waals surface area contributed by atoms with E-state index in [0.717, 1.165) is 63.8 Å². The molecule has 27 heteroatoms. The van der Waals surface area contributed by atoms with E-state index in [1.54, 1.807) is 109 Å². The number of carbonyl (C=O) groups excluding carboxylic acids is 6. The lowest BCUT2D eigenvalue weighted by Crippen LogP contribution is -2.36. The van der Waals surface area contributed by atoms with E-state index < -0.39 is 35.3 Å². The molecular weight excluding hydrogens is 1610 g/mol. The van der Waals surface area contributed by atoms with Gasteiger partial charge in [0.25, 0.3) is 35.4 Å². The average Bonchev–Trinajstić information content (AvgIpc) is 1.63. The first-order valence-corrected chi connectivity index (χ1v) is 39.9. The number of imide groups is 3. The van der Waals surface area contributed by atoms with Crippen LogP contribution < -0.4 is 27.4 Å². The summed E-state index contributed by atoms with van der Waals surface area (Å²) >= 11 is 17.6. The van der Waals surface area contributed by atoms with Gasteiger partial charge in [0, 0.05) is 50.3 Å². The van der Waals surface area contributed by atoms with E-state index in [2.05, 4.69) is 30.9 Å². The minimum atomic E-state index is -0.765. The van der Waals surface area contributed by atoms with Gasteiger partial charge in [-0.2, -0.15) is 15.8 Å². The molecule has 9 aromatic carbocycles. The van der Waals surface area contributed by atoms with Crippen LogP contribution in [0.15, 0.2) is 273 Å². The molecule has 0 saturated heterocycles. The van der Waals surface area contributed by atoms with Crippen LogP contribution in [0.5, 0.6) is 0 Å². The fraction of sp³-hybridized carbons (Fsp3) is 0.179. The van der Waals surface area contributed by atoms with Gasteiger partial charge in [-0.05, 0) is 113 Å². The topological polar surface area (TPSA) is 331 Å². The predicted octanol–water partition coefficient (Wildman–Crippen LogP) is 18.0. The highest BCUT2D eigenvalue weighted by Gasteiger charge is 2.39. The van der Waals surface area contributed by atoms with Gasteiger partial charge in [-0.15, -0.1) is 0 Å². The predicted molar refractivity (Wildman–Crippen MR) is 465 cm³/mol. The van der Waals surface area contributed by atoms with Gasteiger partial charge in [0.15, 0.2) is 34.9 Å². The van der Waals surface area contributed by atoms with Crippen LogP contribution >= 0.6 is 34.8 Å². The number of hydrogen-bond donors (Lipinski definition) is 6. The van der Waals surface area contributed by atoms with Crippen molar-refractivity contribution in [1.82, 2.24) is 29.7 Å². The number of pyridine rings is 3. The Kier molecular flexibility index (Phi) is 32.9. The number of benzene rings is 9. The first kappa shape index (κ1) is 90.6. The van der Waals surface area contributed by atoms with Crippen molar-refractivity contribution in [3.05, 3.63) is 389 Å². The summed E-state index contributed by atoms with van der Waals surface area (Å²) in [7, 11) is 0. The second-order valence-electron chi connectivity index (χ2n) is 28.2. The minimum absolute atomic E-state index is 0.00498. The number of hydrogen-bond acceptors (Lipinski definition) is 18. The van der Waals surface area contributed by atoms with Gasteiger partial charge in [0.2, 0.25) is 0 Å². The normalized spacial score (nSPS) is 13.5. The maximum Gasteiger partial charge on any atom is 0.261 e. The van der Waals surface area contributed by atoms with Gasteiger partial charge >= 0.3 is 0 Å². The Morgan fingerprint density at radius 2 is 0.672 bits per heavy atom. The van der Waals surface area contributed by atoms with Crippen molar-refractivity contribution < 1.29 is 47.0 Å². The van der Waals surface area contributed by atoms with Gasteiger partial charge in [-0.1, -0.05) is 274 Å². The Hall–Kier alpha value is -13.7. The van der Waals surface area contributed by atoms with Gasteiger partial charge in [0.05, 0.1) is 62.7 Å². The lowest BCUT2D eigenvalue weighted by Gasteiger charge is -2.25. The zero-order valence-electron chi connectivity index (χ0n) is 66.4. The number of rotatable bonds is 23. The van der Waals surface area contributed by atoms with E-state index in [1.165, 1.54) is 15.4 Å². The van der Waals surface area contributed by atoms with Crippen LogP contribution in [-0.2, 0) is 12.8 Å². The van der Waals surface area contributed by atoms with Crippen LogP contribution in [0, 0.1) is 51.4 Å². The van der Waals surface area contributed by atoms with Gasteiger partial charge in [0.1, 0.15) is 33.7 Å². The molecule has 12 aromatic rings. The summed E-state index contributed by atoms with van der Waals surface area (Å²) in [6.07, 6.45) is 2.21. The van der Waals surface area contributed by atoms with Gasteiger partial charge in [-0.3, -0.25) is 43.5 Å². The van der Waals surface area contributed by atoms with Crippen LogP contribution in [0.1, 0.15) is 163 Å². The van der Waals surface area contributed by atoms with Crippen LogP contribution in [0.3, 0.4) is 0 Å². The summed E-state index contributed by atoms with van der Waals surface area (Å²) in [5, 5.41) is 44.1. The molecule has 3 aliphatic rings. The molecule has 15 rings (SSSR count). The van der Waals surface area contributed by atoms with E-state index in [-0.39, 0.29) is 123 Å². The average molecular weight is 1700 g/mol. The third-order valence-corrected chi connectivity index (χ3v) is 20.7. The van der Waals surface area contributed by atoms with E-state index in [4.69, 9.17) is 67.2 Å². The molecule has 21 nitrogen and oxygen atoms in total.